The molecule has 1 aliphatic rings. The minimum Gasteiger partial charge on any atom is -0.459 e. The fourth-order valence-corrected chi connectivity index (χ4v) is 3.28. The predicted octanol–water partition coefficient (Wildman–Crippen LogP) is 2.64. The highest BCUT2D eigenvalue weighted by Gasteiger charge is 2.21. The van der Waals surface area contributed by atoms with Gasteiger partial charge < -0.3 is 10.1 Å². The second-order valence-corrected chi connectivity index (χ2v) is 7.75. The van der Waals surface area contributed by atoms with Crippen LogP contribution in [-0.4, -0.2) is 26.5 Å². The van der Waals surface area contributed by atoms with Crippen LogP contribution in [0.15, 0.2) is 23.1 Å². The topological polar surface area (TPSA) is 98.5 Å². The Morgan fingerprint density at radius 3 is 2.48 bits per heavy atom. The molecule has 0 atom stereocenters. The van der Waals surface area contributed by atoms with E-state index in [0.717, 1.165) is 25.7 Å². The van der Waals surface area contributed by atoms with Gasteiger partial charge in [0.2, 0.25) is 10.0 Å². The number of ether oxygens (including phenoxy) is 1. The molecule has 1 aromatic carbocycles. The molecule has 0 aromatic heterocycles. The number of rotatable bonds is 5. The van der Waals surface area contributed by atoms with Crippen LogP contribution in [0, 0.1) is 0 Å². The summed E-state index contributed by atoms with van der Waals surface area (Å²) in [5, 5.41) is 8.51. The molecule has 2 rings (SSSR count). The van der Waals surface area contributed by atoms with Gasteiger partial charge >= 0.3 is 5.97 Å². The summed E-state index contributed by atoms with van der Waals surface area (Å²) < 4.78 is 28.3. The Kier molecular flexibility index (Phi) is 5.64. The van der Waals surface area contributed by atoms with Gasteiger partial charge in [-0.3, -0.25) is 0 Å². The standard InChI is InChI=1S/C16H24N2O4S/c1-11(2)22-16(19)14-10-13(23(17,20)21)8-9-15(14)18-12-6-4-3-5-7-12/h8-12,18H,3-7H2,1-2H3,(H2,17,20,21). The van der Waals surface area contributed by atoms with E-state index >= 15 is 0 Å². The Balaban J connectivity index is 2.33. The summed E-state index contributed by atoms with van der Waals surface area (Å²) >= 11 is 0. The summed E-state index contributed by atoms with van der Waals surface area (Å²) in [7, 11) is -3.87. The molecule has 1 fully saturated rings. The van der Waals surface area contributed by atoms with E-state index in [0.29, 0.717) is 5.69 Å². The summed E-state index contributed by atoms with van der Waals surface area (Å²) in [5.74, 6) is -0.552. The molecule has 128 valence electrons. The zero-order valence-corrected chi connectivity index (χ0v) is 14.4. The van der Waals surface area contributed by atoms with Gasteiger partial charge in [0.1, 0.15) is 0 Å². The van der Waals surface area contributed by atoms with E-state index in [1.165, 1.54) is 18.6 Å². The maximum Gasteiger partial charge on any atom is 0.340 e. The monoisotopic (exact) mass is 340 g/mol. The molecule has 0 bridgehead atoms. The van der Waals surface area contributed by atoms with Crippen molar-refractivity contribution < 1.29 is 17.9 Å². The van der Waals surface area contributed by atoms with Gasteiger partial charge in [-0.2, -0.15) is 0 Å². The SMILES string of the molecule is CC(C)OC(=O)c1cc(S(N)(=O)=O)ccc1NC1CCCCC1. The van der Waals surface area contributed by atoms with Gasteiger partial charge in [-0.05, 0) is 44.9 Å². The van der Waals surface area contributed by atoms with Crippen molar-refractivity contribution in [2.45, 2.75) is 63.0 Å². The number of benzene rings is 1. The molecule has 1 saturated carbocycles. The van der Waals surface area contributed by atoms with Crippen LogP contribution < -0.4 is 10.5 Å². The lowest BCUT2D eigenvalue weighted by atomic mass is 9.95. The van der Waals surface area contributed by atoms with Gasteiger partial charge in [0.05, 0.1) is 16.6 Å². The van der Waals surface area contributed by atoms with Crippen LogP contribution in [0.1, 0.15) is 56.3 Å². The molecule has 1 aliphatic carbocycles. The third-order valence-corrected chi connectivity index (χ3v) is 4.76. The molecule has 0 unspecified atom stereocenters. The molecule has 0 spiro atoms. The van der Waals surface area contributed by atoms with Crippen molar-refractivity contribution >= 4 is 21.7 Å². The normalized spacial score (nSPS) is 16.3. The lowest BCUT2D eigenvalue weighted by Crippen LogP contribution is -2.24. The van der Waals surface area contributed by atoms with Crippen molar-refractivity contribution in [3.63, 3.8) is 0 Å². The first kappa shape index (κ1) is 17.7. The van der Waals surface area contributed by atoms with Crippen molar-refractivity contribution in [2.24, 2.45) is 5.14 Å². The highest BCUT2D eigenvalue weighted by molar-refractivity contribution is 7.89. The molecule has 0 amide bonds. The number of sulfonamides is 1. The lowest BCUT2D eigenvalue weighted by Gasteiger charge is -2.25. The number of hydrogen-bond acceptors (Lipinski definition) is 5. The fraction of sp³-hybridized carbons (Fsp3) is 0.562. The maximum absolute atomic E-state index is 12.3. The molecule has 0 saturated heterocycles. The zero-order valence-electron chi connectivity index (χ0n) is 13.5. The first-order chi connectivity index (χ1) is 10.8. The van der Waals surface area contributed by atoms with E-state index < -0.39 is 16.0 Å². The quantitative estimate of drug-likeness (QED) is 0.803. The Morgan fingerprint density at radius 2 is 1.91 bits per heavy atom. The smallest absolute Gasteiger partial charge is 0.340 e. The first-order valence-corrected chi connectivity index (χ1v) is 9.46. The predicted molar refractivity (Wildman–Crippen MR) is 88.9 cm³/mol. The molecule has 1 aromatic rings. The summed E-state index contributed by atoms with van der Waals surface area (Å²) in [5.41, 5.74) is 0.797. The van der Waals surface area contributed by atoms with E-state index in [1.54, 1.807) is 19.9 Å². The van der Waals surface area contributed by atoms with Crippen LogP contribution in [0.2, 0.25) is 0 Å². The average Bonchev–Trinajstić information content (AvgIpc) is 2.46. The minimum absolute atomic E-state index is 0.0950. The Labute approximate surface area is 137 Å². The third-order valence-electron chi connectivity index (χ3n) is 3.85. The molecule has 0 aliphatic heterocycles. The fourth-order valence-electron chi connectivity index (χ4n) is 2.74. The van der Waals surface area contributed by atoms with Crippen LogP contribution in [0.4, 0.5) is 5.69 Å². The Hall–Kier alpha value is -1.60. The molecule has 23 heavy (non-hydrogen) atoms. The molecule has 0 radical (unpaired) electrons. The van der Waals surface area contributed by atoms with Crippen molar-refractivity contribution in [1.82, 2.24) is 0 Å². The number of carbonyl (C=O) groups is 1. The van der Waals surface area contributed by atoms with Gasteiger partial charge in [0.25, 0.3) is 0 Å². The van der Waals surface area contributed by atoms with Crippen LogP contribution >= 0.6 is 0 Å². The van der Waals surface area contributed by atoms with E-state index in [9.17, 15) is 13.2 Å². The highest BCUT2D eigenvalue weighted by atomic mass is 32.2. The molecular formula is C16H24N2O4S. The van der Waals surface area contributed by atoms with E-state index in [-0.39, 0.29) is 22.6 Å². The van der Waals surface area contributed by atoms with Crippen LogP contribution in [0.25, 0.3) is 0 Å². The highest BCUT2D eigenvalue weighted by Crippen LogP contribution is 2.26. The van der Waals surface area contributed by atoms with Crippen molar-refractivity contribution in [3.8, 4) is 0 Å². The minimum atomic E-state index is -3.87. The lowest BCUT2D eigenvalue weighted by molar-refractivity contribution is 0.0378. The van der Waals surface area contributed by atoms with Crippen molar-refractivity contribution in [2.75, 3.05) is 5.32 Å². The number of carbonyl (C=O) groups excluding carboxylic acids is 1. The zero-order chi connectivity index (χ0) is 17.0. The second-order valence-electron chi connectivity index (χ2n) is 6.19. The average molecular weight is 340 g/mol. The molecule has 0 heterocycles. The first-order valence-electron chi connectivity index (χ1n) is 7.92. The number of nitrogens with two attached hydrogens (primary N) is 1. The second kappa shape index (κ2) is 7.31. The van der Waals surface area contributed by atoms with E-state index in [1.807, 2.05) is 0 Å². The van der Waals surface area contributed by atoms with Crippen LogP contribution in [0.3, 0.4) is 0 Å². The Bertz CT molecular complexity index is 665. The Morgan fingerprint density at radius 1 is 1.26 bits per heavy atom. The summed E-state index contributed by atoms with van der Waals surface area (Å²) in [4.78, 5) is 12.2. The van der Waals surface area contributed by atoms with Gasteiger partial charge in [0.15, 0.2) is 0 Å². The maximum atomic E-state index is 12.3. The molecule has 3 N–H and O–H groups in total. The number of hydrogen-bond donors (Lipinski definition) is 2. The van der Waals surface area contributed by atoms with Gasteiger partial charge in [-0.1, -0.05) is 19.3 Å². The molecule has 6 nitrogen and oxygen atoms in total. The van der Waals surface area contributed by atoms with Gasteiger partial charge in [0, 0.05) is 11.7 Å². The summed E-state index contributed by atoms with van der Waals surface area (Å²) in [6, 6.07) is 4.57. The van der Waals surface area contributed by atoms with Gasteiger partial charge in [-0.25, -0.2) is 18.4 Å². The molecular weight excluding hydrogens is 316 g/mol. The van der Waals surface area contributed by atoms with Crippen LogP contribution in [-0.2, 0) is 14.8 Å². The van der Waals surface area contributed by atoms with E-state index in [2.05, 4.69) is 5.32 Å². The summed E-state index contributed by atoms with van der Waals surface area (Å²) in [6.07, 6.45) is 5.32. The van der Waals surface area contributed by atoms with Crippen molar-refractivity contribution in [3.05, 3.63) is 23.8 Å². The largest absolute Gasteiger partial charge is 0.459 e. The third kappa shape index (κ3) is 4.94. The van der Waals surface area contributed by atoms with Gasteiger partial charge in [-0.15, -0.1) is 0 Å². The van der Waals surface area contributed by atoms with Crippen molar-refractivity contribution in [1.29, 1.82) is 0 Å². The number of nitrogens with one attached hydrogen (secondary N) is 1. The van der Waals surface area contributed by atoms with Crippen LogP contribution in [0.5, 0.6) is 0 Å². The number of anilines is 1. The van der Waals surface area contributed by atoms with E-state index in [4.69, 9.17) is 9.88 Å². The molecule has 7 heteroatoms. The number of esters is 1. The number of primary sulfonamides is 1. The summed E-state index contributed by atoms with van der Waals surface area (Å²) in [6.45, 7) is 3.49.